The first kappa shape index (κ1) is 20.9. The van der Waals surface area contributed by atoms with E-state index in [4.69, 9.17) is 4.74 Å². The highest BCUT2D eigenvalue weighted by Gasteiger charge is 2.20. The maximum absolute atomic E-state index is 12.6. The first-order valence-electron chi connectivity index (χ1n) is 9.77. The molecular formula is C22H26N4O2S. The topological polar surface area (TPSA) is 69.0 Å². The number of rotatable bonds is 9. The fourth-order valence-corrected chi connectivity index (χ4v) is 3.82. The lowest BCUT2D eigenvalue weighted by atomic mass is 10.1. The Morgan fingerprint density at radius 2 is 1.83 bits per heavy atom. The summed E-state index contributed by atoms with van der Waals surface area (Å²) in [5.41, 5.74) is 1.93. The van der Waals surface area contributed by atoms with Crippen LogP contribution in [0.4, 0.5) is 5.69 Å². The molecule has 1 heterocycles. The number of ether oxygens (including phenoxy) is 1. The maximum atomic E-state index is 12.6. The van der Waals surface area contributed by atoms with Crippen LogP contribution in [-0.4, -0.2) is 32.5 Å². The number of nitrogens with one attached hydrogen (secondary N) is 1. The minimum Gasteiger partial charge on any atom is -0.494 e. The summed E-state index contributed by atoms with van der Waals surface area (Å²) in [6, 6.07) is 17.6. The van der Waals surface area contributed by atoms with Crippen LogP contribution < -0.4 is 10.1 Å². The van der Waals surface area contributed by atoms with Gasteiger partial charge in [0.15, 0.2) is 5.16 Å². The Labute approximate surface area is 175 Å². The van der Waals surface area contributed by atoms with Gasteiger partial charge in [0.2, 0.25) is 5.91 Å². The summed E-state index contributed by atoms with van der Waals surface area (Å²) in [5, 5.41) is 12.1. The molecule has 152 valence electrons. The molecule has 0 saturated carbocycles. The van der Waals surface area contributed by atoms with Crippen molar-refractivity contribution in [1.29, 1.82) is 0 Å². The molecule has 2 aromatic carbocycles. The number of carbonyl (C=O) groups is 1. The fraction of sp³-hybridized carbons (Fsp3) is 0.318. The largest absolute Gasteiger partial charge is 0.494 e. The number of carbonyl (C=O) groups excluding carboxylic acids is 1. The molecule has 0 spiro atoms. The van der Waals surface area contributed by atoms with Crippen molar-refractivity contribution < 1.29 is 9.53 Å². The number of hydrogen-bond donors (Lipinski definition) is 1. The van der Waals surface area contributed by atoms with Crippen LogP contribution in [0.25, 0.3) is 0 Å². The zero-order chi connectivity index (χ0) is 20.6. The molecule has 3 aromatic rings. The van der Waals surface area contributed by atoms with Crippen LogP contribution in [0.15, 0.2) is 59.8 Å². The van der Waals surface area contributed by atoms with Gasteiger partial charge in [-0.1, -0.05) is 42.1 Å². The lowest BCUT2D eigenvalue weighted by molar-refractivity contribution is -0.115. The molecule has 0 aliphatic heterocycles. The molecule has 0 aliphatic rings. The first-order chi connectivity index (χ1) is 14.1. The van der Waals surface area contributed by atoms with Crippen LogP contribution in [-0.2, 0) is 17.8 Å². The van der Waals surface area contributed by atoms with Gasteiger partial charge >= 0.3 is 0 Å². The summed E-state index contributed by atoms with van der Waals surface area (Å²) < 4.78 is 7.50. The van der Waals surface area contributed by atoms with Crippen molar-refractivity contribution in [3.8, 4) is 5.75 Å². The minimum atomic E-state index is -0.305. The van der Waals surface area contributed by atoms with Gasteiger partial charge in [-0.05, 0) is 50.6 Å². The highest BCUT2D eigenvalue weighted by atomic mass is 32.2. The van der Waals surface area contributed by atoms with Gasteiger partial charge in [0.1, 0.15) is 11.6 Å². The van der Waals surface area contributed by atoms with Crippen molar-refractivity contribution >= 4 is 23.4 Å². The molecule has 3 rings (SSSR count). The van der Waals surface area contributed by atoms with Crippen molar-refractivity contribution in [2.75, 3.05) is 11.9 Å². The Balaban J connectivity index is 1.63. The molecular weight excluding hydrogens is 384 g/mol. The Morgan fingerprint density at radius 3 is 2.48 bits per heavy atom. The number of anilines is 1. The molecule has 0 fully saturated rings. The zero-order valence-corrected chi connectivity index (χ0v) is 17.8. The van der Waals surface area contributed by atoms with E-state index in [9.17, 15) is 4.79 Å². The van der Waals surface area contributed by atoms with Crippen LogP contribution in [0.1, 0.15) is 32.2 Å². The van der Waals surface area contributed by atoms with Crippen LogP contribution in [0, 0.1) is 0 Å². The highest BCUT2D eigenvalue weighted by Crippen LogP contribution is 2.25. The van der Waals surface area contributed by atoms with Crippen molar-refractivity contribution in [3.63, 3.8) is 0 Å². The predicted octanol–water partition coefficient (Wildman–Crippen LogP) is 4.41. The predicted molar refractivity (Wildman–Crippen MR) is 117 cm³/mol. The van der Waals surface area contributed by atoms with E-state index in [0.29, 0.717) is 6.61 Å². The van der Waals surface area contributed by atoms with Gasteiger partial charge in [-0.2, -0.15) is 0 Å². The summed E-state index contributed by atoms with van der Waals surface area (Å²) in [6.07, 6.45) is 0.717. The average Bonchev–Trinajstić information content (AvgIpc) is 3.11. The molecule has 7 heteroatoms. The zero-order valence-electron chi connectivity index (χ0n) is 17.0. The van der Waals surface area contributed by atoms with Gasteiger partial charge in [0.25, 0.3) is 0 Å². The Bertz CT molecular complexity index is 926. The van der Waals surface area contributed by atoms with Crippen LogP contribution in [0.2, 0.25) is 0 Å². The van der Waals surface area contributed by atoms with E-state index >= 15 is 0 Å². The van der Waals surface area contributed by atoms with Crippen molar-refractivity contribution in [2.45, 2.75) is 44.1 Å². The van der Waals surface area contributed by atoms with E-state index in [1.807, 2.05) is 56.3 Å². The molecule has 29 heavy (non-hydrogen) atoms. The molecule has 1 atom stereocenters. The van der Waals surface area contributed by atoms with Crippen LogP contribution in [0.3, 0.4) is 0 Å². The number of amides is 1. The lowest BCUT2D eigenvalue weighted by Crippen LogP contribution is -2.23. The van der Waals surface area contributed by atoms with E-state index in [2.05, 4.69) is 39.1 Å². The van der Waals surface area contributed by atoms with Gasteiger partial charge in [-0.25, -0.2) is 0 Å². The number of hydrogen-bond acceptors (Lipinski definition) is 5. The summed E-state index contributed by atoms with van der Waals surface area (Å²) in [7, 11) is 0. The summed E-state index contributed by atoms with van der Waals surface area (Å²) in [6.45, 7) is 7.25. The molecule has 1 aromatic heterocycles. The third-order valence-electron chi connectivity index (χ3n) is 4.40. The number of nitrogens with zero attached hydrogens (tertiary/aromatic N) is 3. The molecule has 1 N–H and O–H groups in total. The molecule has 6 nitrogen and oxygen atoms in total. The molecule has 1 unspecified atom stereocenters. The van der Waals surface area contributed by atoms with Crippen molar-refractivity contribution in [1.82, 2.24) is 14.8 Å². The summed E-state index contributed by atoms with van der Waals surface area (Å²) >= 11 is 1.42. The normalized spacial score (nSPS) is 11.8. The monoisotopic (exact) mass is 410 g/mol. The van der Waals surface area contributed by atoms with Gasteiger partial charge in [0.05, 0.1) is 11.9 Å². The number of thioether (sulfide) groups is 1. The van der Waals surface area contributed by atoms with E-state index in [1.54, 1.807) is 0 Å². The maximum Gasteiger partial charge on any atom is 0.237 e. The van der Waals surface area contributed by atoms with Crippen molar-refractivity contribution in [3.05, 3.63) is 66.0 Å². The van der Waals surface area contributed by atoms with Gasteiger partial charge in [-0.3, -0.25) is 4.79 Å². The van der Waals surface area contributed by atoms with Gasteiger partial charge in [0, 0.05) is 18.7 Å². The Morgan fingerprint density at radius 1 is 1.10 bits per heavy atom. The Kier molecular flexibility index (Phi) is 7.30. The molecule has 0 bridgehead atoms. The average molecular weight is 411 g/mol. The van der Waals surface area contributed by atoms with Crippen LogP contribution >= 0.6 is 11.8 Å². The first-order valence-corrected chi connectivity index (χ1v) is 10.6. The second-order valence-corrected chi connectivity index (χ2v) is 7.82. The Hall–Kier alpha value is -2.80. The van der Waals surface area contributed by atoms with Crippen molar-refractivity contribution in [2.24, 2.45) is 0 Å². The summed E-state index contributed by atoms with van der Waals surface area (Å²) in [5.74, 6) is 1.62. The second-order valence-electron chi connectivity index (χ2n) is 6.51. The van der Waals surface area contributed by atoms with E-state index < -0.39 is 0 Å². The van der Waals surface area contributed by atoms with E-state index in [-0.39, 0.29) is 11.2 Å². The van der Waals surface area contributed by atoms with Gasteiger partial charge in [-0.15, -0.1) is 10.2 Å². The standard InChI is InChI=1S/C22H26N4O2S/c1-4-26-20(15-17-9-7-6-8-10-17)24-25-22(26)29-16(3)21(27)23-18-11-13-19(14-12-18)28-5-2/h6-14,16H,4-5,15H2,1-3H3,(H,23,27). The van der Waals surface area contributed by atoms with Gasteiger partial charge < -0.3 is 14.6 Å². The molecule has 0 aliphatic carbocycles. The number of benzene rings is 2. The quantitative estimate of drug-likeness (QED) is 0.529. The minimum absolute atomic E-state index is 0.0746. The molecule has 1 amide bonds. The third kappa shape index (κ3) is 5.60. The molecule has 0 radical (unpaired) electrons. The van der Waals surface area contributed by atoms with E-state index in [0.717, 1.165) is 35.4 Å². The smallest absolute Gasteiger partial charge is 0.237 e. The second kappa shape index (κ2) is 10.1. The van der Waals surface area contributed by atoms with E-state index in [1.165, 1.54) is 17.3 Å². The number of aromatic nitrogens is 3. The summed E-state index contributed by atoms with van der Waals surface area (Å²) in [4.78, 5) is 12.6. The highest BCUT2D eigenvalue weighted by molar-refractivity contribution is 8.00. The fourth-order valence-electron chi connectivity index (χ4n) is 2.89. The SMILES string of the molecule is CCOc1ccc(NC(=O)C(C)Sc2nnc(Cc3ccccc3)n2CC)cc1. The third-order valence-corrected chi connectivity index (χ3v) is 5.48. The molecule has 0 saturated heterocycles. The lowest BCUT2D eigenvalue weighted by Gasteiger charge is -2.13. The van der Waals surface area contributed by atoms with Crippen LogP contribution in [0.5, 0.6) is 5.75 Å².